The standard InChI is InChI=1S/C25H38O7/c1-15(26)31-20-6-5-18-17-7-10-24(28)21(32-16(2)27)25(29-13-14-30-25)12-11-23(24,4)19(17)8-9-22(18,20)3/h17-21,28H,5-14H2,1-4H3. The van der Waals surface area contributed by atoms with Crippen LogP contribution in [0.25, 0.3) is 0 Å². The Hall–Kier alpha value is -1.18. The lowest BCUT2D eigenvalue weighted by Crippen LogP contribution is -2.73. The molecule has 0 amide bonds. The number of esters is 2. The van der Waals surface area contributed by atoms with Crippen LogP contribution in [0.15, 0.2) is 0 Å². The Morgan fingerprint density at radius 3 is 2.19 bits per heavy atom. The highest BCUT2D eigenvalue weighted by Crippen LogP contribution is 2.69. The van der Waals surface area contributed by atoms with Crippen molar-refractivity contribution in [3.8, 4) is 0 Å². The number of fused-ring (bicyclic) bond motifs is 5. The van der Waals surface area contributed by atoms with Crippen molar-refractivity contribution in [1.82, 2.24) is 0 Å². The molecular weight excluding hydrogens is 412 g/mol. The second-order valence-electron chi connectivity index (χ2n) is 11.5. The van der Waals surface area contributed by atoms with E-state index in [0.29, 0.717) is 43.8 Å². The van der Waals surface area contributed by atoms with Gasteiger partial charge in [-0.3, -0.25) is 9.59 Å². The summed E-state index contributed by atoms with van der Waals surface area (Å²) in [5.74, 6) is -0.367. The molecule has 4 aliphatic carbocycles. The van der Waals surface area contributed by atoms with Crippen LogP contribution in [0.3, 0.4) is 0 Å². The SMILES string of the molecule is CC(=O)OC1CCC2C3CCC4(O)C(OC(C)=O)C5(CCC4(C)C3CCC12C)OCCO5. The lowest BCUT2D eigenvalue weighted by molar-refractivity contribution is -0.342. The Balaban J connectivity index is 1.47. The van der Waals surface area contributed by atoms with Gasteiger partial charge in [-0.25, -0.2) is 0 Å². The molecule has 1 aliphatic heterocycles. The average molecular weight is 451 g/mol. The Bertz CT molecular complexity index is 791. The fourth-order valence-corrected chi connectivity index (χ4v) is 8.70. The summed E-state index contributed by atoms with van der Waals surface area (Å²) < 4.78 is 23.6. The Kier molecular flexibility index (Phi) is 5.23. The largest absolute Gasteiger partial charge is 0.462 e. The Labute approximate surface area is 190 Å². The third kappa shape index (κ3) is 2.96. The van der Waals surface area contributed by atoms with Gasteiger partial charge < -0.3 is 24.1 Å². The van der Waals surface area contributed by atoms with E-state index in [4.69, 9.17) is 18.9 Å². The smallest absolute Gasteiger partial charge is 0.303 e. The highest BCUT2D eigenvalue weighted by atomic mass is 16.8. The summed E-state index contributed by atoms with van der Waals surface area (Å²) in [6, 6.07) is 0. The lowest BCUT2D eigenvalue weighted by Gasteiger charge is -2.66. The van der Waals surface area contributed by atoms with E-state index < -0.39 is 28.9 Å². The third-order valence-electron chi connectivity index (χ3n) is 10.2. The van der Waals surface area contributed by atoms with Crippen LogP contribution in [0.4, 0.5) is 0 Å². The van der Waals surface area contributed by atoms with Crippen molar-refractivity contribution in [1.29, 1.82) is 0 Å². The molecule has 5 fully saturated rings. The van der Waals surface area contributed by atoms with Crippen LogP contribution >= 0.6 is 0 Å². The first-order valence-corrected chi connectivity index (χ1v) is 12.4. The molecule has 32 heavy (non-hydrogen) atoms. The van der Waals surface area contributed by atoms with E-state index in [-0.39, 0.29) is 17.5 Å². The molecule has 7 nitrogen and oxygen atoms in total. The predicted molar refractivity (Wildman–Crippen MR) is 114 cm³/mol. The van der Waals surface area contributed by atoms with Gasteiger partial charge in [-0.05, 0) is 62.7 Å². The summed E-state index contributed by atoms with van der Waals surface area (Å²) in [5, 5.41) is 12.3. The summed E-state index contributed by atoms with van der Waals surface area (Å²) in [7, 11) is 0. The van der Waals surface area contributed by atoms with E-state index in [1.165, 1.54) is 13.8 Å². The van der Waals surface area contributed by atoms with Crippen LogP contribution in [0.2, 0.25) is 0 Å². The van der Waals surface area contributed by atoms with Crippen LogP contribution < -0.4 is 0 Å². The lowest BCUT2D eigenvalue weighted by atomic mass is 9.42. The van der Waals surface area contributed by atoms with Gasteiger partial charge in [0.15, 0.2) is 6.10 Å². The zero-order valence-corrected chi connectivity index (χ0v) is 19.9. The minimum Gasteiger partial charge on any atom is -0.462 e. The molecule has 0 aromatic heterocycles. The van der Waals surface area contributed by atoms with Gasteiger partial charge in [0, 0.05) is 31.1 Å². The second kappa shape index (κ2) is 7.41. The summed E-state index contributed by atoms with van der Waals surface area (Å²) in [5.41, 5.74) is -1.58. The van der Waals surface area contributed by atoms with Gasteiger partial charge >= 0.3 is 11.9 Å². The zero-order chi connectivity index (χ0) is 22.9. The fraction of sp³-hybridized carbons (Fsp3) is 0.920. The predicted octanol–water partition coefficient (Wildman–Crippen LogP) is 3.36. The van der Waals surface area contributed by atoms with Crippen LogP contribution in [-0.4, -0.2) is 53.9 Å². The minimum atomic E-state index is -1.19. The second-order valence-corrected chi connectivity index (χ2v) is 11.5. The molecule has 1 saturated heterocycles. The van der Waals surface area contributed by atoms with Gasteiger partial charge in [-0.1, -0.05) is 13.8 Å². The Morgan fingerprint density at radius 1 is 0.844 bits per heavy atom. The molecule has 0 aromatic rings. The van der Waals surface area contributed by atoms with E-state index in [2.05, 4.69) is 13.8 Å². The first-order valence-electron chi connectivity index (χ1n) is 12.4. The molecular formula is C25H38O7. The first kappa shape index (κ1) is 22.6. The van der Waals surface area contributed by atoms with Crippen molar-refractivity contribution in [2.75, 3.05) is 13.2 Å². The molecule has 1 heterocycles. The summed E-state index contributed by atoms with van der Waals surface area (Å²) >= 11 is 0. The molecule has 1 N–H and O–H groups in total. The van der Waals surface area contributed by atoms with Crippen LogP contribution in [-0.2, 0) is 28.5 Å². The third-order valence-corrected chi connectivity index (χ3v) is 10.2. The molecule has 8 unspecified atom stereocenters. The van der Waals surface area contributed by atoms with Gasteiger partial charge in [0.1, 0.15) is 11.7 Å². The van der Waals surface area contributed by atoms with Crippen molar-refractivity contribution in [2.45, 2.75) is 103 Å². The number of aliphatic hydroxyl groups is 1. The van der Waals surface area contributed by atoms with Crippen LogP contribution in [0.5, 0.6) is 0 Å². The van der Waals surface area contributed by atoms with Gasteiger partial charge in [-0.2, -0.15) is 0 Å². The van der Waals surface area contributed by atoms with Crippen molar-refractivity contribution >= 4 is 11.9 Å². The number of rotatable bonds is 2. The van der Waals surface area contributed by atoms with Gasteiger partial charge in [0.2, 0.25) is 5.79 Å². The molecule has 8 atom stereocenters. The summed E-state index contributed by atoms with van der Waals surface area (Å²) in [6.07, 6.45) is 5.95. The Morgan fingerprint density at radius 2 is 1.53 bits per heavy atom. The van der Waals surface area contributed by atoms with E-state index in [1.807, 2.05) is 0 Å². The van der Waals surface area contributed by atoms with E-state index >= 15 is 0 Å². The van der Waals surface area contributed by atoms with Gasteiger partial charge in [-0.15, -0.1) is 0 Å². The molecule has 0 radical (unpaired) electrons. The average Bonchev–Trinajstić information content (AvgIpc) is 3.32. The fourth-order valence-electron chi connectivity index (χ4n) is 8.70. The van der Waals surface area contributed by atoms with Gasteiger partial charge in [0.05, 0.1) is 13.2 Å². The topological polar surface area (TPSA) is 91.3 Å². The maximum absolute atomic E-state index is 12.3. The maximum atomic E-state index is 12.3. The van der Waals surface area contributed by atoms with Crippen LogP contribution in [0.1, 0.15) is 79.1 Å². The molecule has 180 valence electrons. The number of hydrogen-bond acceptors (Lipinski definition) is 7. The highest BCUT2D eigenvalue weighted by Gasteiger charge is 2.72. The first-order chi connectivity index (χ1) is 15.1. The molecule has 5 rings (SSSR count). The van der Waals surface area contributed by atoms with Crippen molar-refractivity contribution in [3.63, 3.8) is 0 Å². The number of carbonyl (C=O) groups excluding carboxylic acids is 2. The molecule has 7 heteroatoms. The minimum absolute atomic E-state index is 0.00149. The summed E-state index contributed by atoms with van der Waals surface area (Å²) in [4.78, 5) is 23.8. The van der Waals surface area contributed by atoms with E-state index in [0.717, 1.165) is 38.5 Å². The van der Waals surface area contributed by atoms with Gasteiger partial charge in [0.25, 0.3) is 0 Å². The molecule has 0 aromatic carbocycles. The number of hydrogen-bond donors (Lipinski definition) is 1. The molecule has 4 saturated carbocycles. The van der Waals surface area contributed by atoms with Crippen molar-refractivity contribution < 1.29 is 33.6 Å². The number of ether oxygens (including phenoxy) is 4. The van der Waals surface area contributed by atoms with Crippen molar-refractivity contribution in [3.05, 3.63) is 0 Å². The molecule has 1 spiro atoms. The number of carbonyl (C=O) groups is 2. The maximum Gasteiger partial charge on any atom is 0.303 e. The highest BCUT2D eigenvalue weighted by molar-refractivity contribution is 5.66. The molecule has 5 aliphatic rings. The monoisotopic (exact) mass is 450 g/mol. The summed E-state index contributed by atoms with van der Waals surface area (Å²) in [6.45, 7) is 8.30. The van der Waals surface area contributed by atoms with Crippen LogP contribution in [0, 0.1) is 28.6 Å². The van der Waals surface area contributed by atoms with Crippen molar-refractivity contribution in [2.24, 2.45) is 28.6 Å². The zero-order valence-electron chi connectivity index (χ0n) is 19.9. The van der Waals surface area contributed by atoms with E-state index in [9.17, 15) is 14.7 Å². The quantitative estimate of drug-likeness (QED) is 0.645. The molecule has 0 bridgehead atoms. The normalized spacial score (nSPS) is 49.1. The van der Waals surface area contributed by atoms with E-state index in [1.54, 1.807) is 0 Å².